The van der Waals surface area contributed by atoms with E-state index in [4.69, 9.17) is 4.74 Å². The molecule has 0 fully saturated rings. The van der Waals surface area contributed by atoms with E-state index in [2.05, 4.69) is 26.2 Å². The minimum absolute atomic E-state index is 0.819. The van der Waals surface area contributed by atoms with Gasteiger partial charge in [-0.25, -0.2) is 4.98 Å². The first-order valence-corrected chi connectivity index (χ1v) is 6.44. The fourth-order valence-corrected chi connectivity index (χ4v) is 2.05. The quantitative estimate of drug-likeness (QED) is 0.922. The number of anilines is 2. The van der Waals surface area contributed by atoms with Gasteiger partial charge in [0.15, 0.2) is 0 Å². The Morgan fingerprint density at radius 3 is 2.61 bits per heavy atom. The van der Waals surface area contributed by atoms with Crippen LogP contribution in [0.4, 0.5) is 11.5 Å². The van der Waals surface area contributed by atoms with E-state index in [1.165, 1.54) is 0 Å². The zero-order valence-electron chi connectivity index (χ0n) is 10.6. The number of hydrogen-bond acceptors (Lipinski definition) is 3. The molecule has 0 unspecified atom stereocenters. The normalized spacial score (nSPS) is 10.2. The van der Waals surface area contributed by atoms with Crippen LogP contribution in [0.5, 0.6) is 5.75 Å². The van der Waals surface area contributed by atoms with Gasteiger partial charge in [-0.2, -0.15) is 0 Å². The van der Waals surface area contributed by atoms with Gasteiger partial charge in [0.25, 0.3) is 0 Å². The molecule has 0 aliphatic heterocycles. The summed E-state index contributed by atoms with van der Waals surface area (Å²) in [6.45, 7) is 4.05. The highest BCUT2D eigenvalue weighted by molar-refractivity contribution is 9.10. The molecule has 2 rings (SSSR count). The van der Waals surface area contributed by atoms with Gasteiger partial charge in [0.05, 0.1) is 11.6 Å². The molecule has 0 aliphatic rings. The van der Waals surface area contributed by atoms with Crippen molar-refractivity contribution < 1.29 is 4.74 Å². The van der Waals surface area contributed by atoms with Crippen LogP contribution in [0.3, 0.4) is 0 Å². The number of benzene rings is 1. The molecule has 0 atom stereocenters. The van der Waals surface area contributed by atoms with Gasteiger partial charge in [0.1, 0.15) is 11.6 Å². The molecule has 0 aliphatic carbocycles. The van der Waals surface area contributed by atoms with Crippen LogP contribution < -0.4 is 10.1 Å². The largest absolute Gasteiger partial charge is 0.496 e. The maximum Gasteiger partial charge on any atom is 0.144 e. The summed E-state index contributed by atoms with van der Waals surface area (Å²) in [7, 11) is 1.67. The maximum atomic E-state index is 5.24. The highest BCUT2D eigenvalue weighted by Crippen LogP contribution is 2.28. The fraction of sp³-hybridized carbons (Fsp3) is 0.214. The second kappa shape index (κ2) is 5.40. The van der Waals surface area contributed by atoms with Crippen molar-refractivity contribution in [2.75, 3.05) is 12.4 Å². The van der Waals surface area contributed by atoms with Crippen LogP contribution in [-0.4, -0.2) is 12.1 Å². The van der Waals surface area contributed by atoms with Gasteiger partial charge in [-0.3, -0.25) is 0 Å². The van der Waals surface area contributed by atoms with E-state index in [1.807, 2.05) is 38.1 Å². The van der Waals surface area contributed by atoms with Crippen molar-refractivity contribution in [3.8, 4) is 5.75 Å². The van der Waals surface area contributed by atoms with Gasteiger partial charge in [0.2, 0.25) is 0 Å². The van der Waals surface area contributed by atoms with Gasteiger partial charge in [-0.1, -0.05) is 0 Å². The molecule has 0 amide bonds. The van der Waals surface area contributed by atoms with Crippen molar-refractivity contribution in [2.24, 2.45) is 0 Å². The van der Waals surface area contributed by atoms with Crippen molar-refractivity contribution >= 4 is 27.4 Å². The monoisotopic (exact) mass is 306 g/mol. The average molecular weight is 307 g/mol. The summed E-state index contributed by atoms with van der Waals surface area (Å²) in [6, 6.07) is 7.92. The molecule has 1 N–H and O–H groups in total. The SMILES string of the molecule is COc1ccc(Nc2nccc(C)c2Br)cc1C. The van der Waals surface area contributed by atoms with E-state index in [0.717, 1.165) is 32.9 Å². The zero-order valence-corrected chi connectivity index (χ0v) is 12.2. The summed E-state index contributed by atoms with van der Waals surface area (Å²) in [5, 5.41) is 3.29. The summed E-state index contributed by atoms with van der Waals surface area (Å²) in [5.74, 6) is 1.70. The molecule has 18 heavy (non-hydrogen) atoms. The molecular formula is C14H15BrN2O. The third-order valence-electron chi connectivity index (χ3n) is 2.74. The van der Waals surface area contributed by atoms with Crippen LogP contribution in [0, 0.1) is 13.8 Å². The number of aromatic nitrogens is 1. The highest BCUT2D eigenvalue weighted by Gasteiger charge is 2.05. The number of methoxy groups -OCH3 is 1. The number of rotatable bonds is 3. The van der Waals surface area contributed by atoms with Crippen LogP contribution in [0.1, 0.15) is 11.1 Å². The maximum absolute atomic E-state index is 5.24. The van der Waals surface area contributed by atoms with Crippen LogP contribution in [0.15, 0.2) is 34.9 Å². The van der Waals surface area contributed by atoms with E-state index in [9.17, 15) is 0 Å². The van der Waals surface area contributed by atoms with Crippen LogP contribution >= 0.6 is 15.9 Å². The Hall–Kier alpha value is -1.55. The Balaban J connectivity index is 2.29. The fourth-order valence-electron chi connectivity index (χ4n) is 1.72. The van der Waals surface area contributed by atoms with E-state index in [0.29, 0.717) is 0 Å². The Bertz CT molecular complexity index is 570. The van der Waals surface area contributed by atoms with Crippen LogP contribution in [0.25, 0.3) is 0 Å². The van der Waals surface area contributed by atoms with Crippen molar-refractivity contribution in [2.45, 2.75) is 13.8 Å². The van der Waals surface area contributed by atoms with E-state index in [1.54, 1.807) is 13.3 Å². The van der Waals surface area contributed by atoms with E-state index >= 15 is 0 Å². The summed E-state index contributed by atoms with van der Waals surface area (Å²) in [4.78, 5) is 4.32. The summed E-state index contributed by atoms with van der Waals surface area (Å²) in [6.07, 6.45) is 1.79. The molecule has 0 radical (unpaired) electrons. The summed E-state index contributed by atoms with van der Waals surface area (Å²) < 4.78 is 6.23. The first-order valence-electron chi connectivity index (χ1n) is 5.64. The molecule has 94 valence electrons. The summed E-state index contributed by atoms with van der Waals surface area (Å²) in [5.41, 5.74) is 3.23. The predicted octanol–water partition coefficient (Wildman–Crippen LogP) is 4.21. The Kier molecular flexibility index (Phi) is 3.87. The van der Waals surface area contributed by atoms with Crippen LogP contribution in [0.2, 0.25) is 0 Å². The van der Waals surface area contributed by atoms with Gasteiger partial charge in [-0.05, 0) is 65.2 Å². The number of ether oxygens (including phenoxy) is 1. The van der Waals surface area contributed by atoms with Crippen molar-refractivity contribution in [3.05, 3.63) is 46.1 Å². The van der Waals surface area contributed by atoms with Crippen molar-refractivity contribution in [3.63, 3.8) is 0 Å². The Morgan fingerprint density at radius 2 is 1.94 bits per heavy atom. The van der Waals surface area contributed by atoms with Crippen LogP contribution in [-0.2, 0) is 0 Å². The molecule has 0 bridgehead atoms. The second-order valence-corrected chi connectivity index (χ2v) is 4.89. The van der Waals surface area contributed by atoms with E-state index < -0.39 is 0 Å². The van der Waals surface area contributed by atoms with Crippen molar-refractivity contribution in [1.29, 1.82) is 0 Å². The number of nitrogens with one attached hydrogen (secondary N) is 1. The number of pyridine rings is 1. The van der Waals surface area contributed by atoms with Crippen molar-refractivity contribution in [1.82, 2.24) is 4.98 Å². The standard InChI is InChI=1S/C14H15BrN2O/c1-9-6-7-16-14(13(9)15)17-11-4-5-12(18-3)10(2)8-11/h4-8H,1-3H3,(H,16,17). The third-order valence-corrected chi connectivity index (χ3v) is 3.74. The molecule has 1 aromatic heterocycles. The number of halogens is 1. The molecule has 0 saturated heterocycles. The smallest absolute Gasteiger partial charge is 0.144 e. The average Bonchev–Trinajstić information content (AvgIpc) is 2.35. The molecule has 2 aromatic rings. The molecule has 4 heteroatoms. The molecule has 0 saturated carbocycles. The number of hydrogen-bond donors (Lipinski definition) is 1. The first kappa shape index (κ1) is 12.9. The topological polar surface area (TPSA) is 34.1 Å². The minimum atomic E-state index is 0.819. The van der Waals surface area contributed by atoms with E-state index in [-0.39, 0.29) is 0 Å². The lowest BCUT2D eigenvalue weighted by atomic mass is 10.2. The van der Waals surface area contributed by atoms with Gasteiger partial charge in [0, 0.05) is 11.9 Å². The number of nitrogens with zero attached hydrogens (tertiary/aromatic N) is 1. The Morgan fingerprint density at radius 1 is 1.17 bits per heavy atom. The minimum Gasteiger partial charge on any atom is -0.496 e. The lowest BCUT2D eigenvalue weighted by molar-refractivity contribution is 0.412. The third kappa shape index (κ3) is 2.64. The lowest BCUT2D eigenvalue weighted by Gasteiger charge is -2.11. The predicted molar refractivity (Wildman–Crippen MR) is 77.7 cm³/mol. The van der Waals surface area contributed by atoms with Gasteiger partial charge in [-0.15, -0.1) is 0 Å². The lowest BCUT2D eigenvalue weighted by Crippen LogP contribution is -1.97. The van der Waals surface area contributed by atoms with Gasteiger partial charge >= 0.3 is 0 Å². The molecule has 1 heterocycles. The highest BCUT2D eigenvalue weighted by atomic mass is 79.9. The zero-order chi connectivity index (χ0) is 13.1. The molecule has 3 nitrogen and oxygen atoms in total. The first-order chi connectivity index (χ1) is 8.61. The summed E-state index contributed by atoms with van der Waals surface area (Å²) >= 11 is 3.53. The number of aryl methyl sites for hydroxylation is 2. The molecular weight excluding hydrogens is 292 g/mol. The molecule has 1 aromatic carbocycles. The second-order valence-electron chi connectivity index (χ2n) is 4.10. The Labute approximate surface area is 115 Å². The molecule has 0 spiro atoms. The van der Waals surface area contributed by atoms with Gasteiger partial charge < -0.3 is 10.1 Å².